The first-order chi connectivity index (χ1) is 6.59. The van der Waals surface area contributed by atoms with Gasteiger partial charge < -0.3 is 0 Å². The van der Waals surface area contributed by atoms with Gasteiger partial charge in [-0.3, -0.25) is 0 Å². The summed E-state index contributed by atoms with van der Waals surface area (Å²) in [6, 6.07) is 6.81. The highest BCUT2D eigenvalue weighted by molar-refractivity contribution is 5.34. The molecular formula is C14H22. The Kier molecular flexibility index (Phi) is 4.19. The quantitative estimate of drug-likeness (QED) is 0.576. The van der Waals surface area contributed by atoms with Gasteiger partial charge in [-0.1, -0.05) is 44.5 Å². The van der Waals surface area contributed by atoms with Crippen molar-refractivity contribution in [2.75, 3.05) is 0 Å². The molecule has 2 rings (SSSR count). The number of rotatable bonds is 0. The minimum Gasteiger partial charge on any atom is -0.0630 e. The predicted octanol–water partition coefficient (Wildman–Crippen LogP) is 4.15. The van der Waals surface area contributed by atoms with Crippen molar-refractivity contribution in [2.45, 2.75) is 47.0 Å². The maximum Gasteiger partial charge on any atom is -0.0273 e. The van der Waals surface area contributed by atoms with Crippen LogP contribution in [0.4, 0.5) is 0 Å². The molecule has 0 fully saturated rings. The summed E-state index contributed by atoms with van der Waals surface area (Å²) < 4.78 is 0. The van der Waals surface area contributed by atoms with Gasteiger partial charge in [-0.2, -0.15) is 0 Å². The fourth-order valence-corrected chi connectivity index (χ4v) is 1.70. The first-order valence-electron chi connectivity index (χ1n) is 5.68. The Morgan fingerprint density at radius 1 is 1.00 bits per heavy atom. The molecule has 0 amide bonds. The lowest BCUT2D eigenvalue weighted by atomic mass is 10.1. The molecule has 0 nitrogen and oxygen atoms in total. The van der Waals surface area contributed by atoms with E-state index in [9.17, 15) is 0 Å². The van der Waals surface area contributed by atoms with Crippen molar-refractivity contribution >= 4 is 0 Å². The summed E-state index contributed by atoms with van der Waals surface area (Å²) in [6.07, 6.45) is 3.96. The van der Waals surface area contributed by atoms with Gasteiger partial charge >= 0.3 is 0 Å². The van der Waals surface area contributed by atoms with Crippen molar-refractivity contribution in [2.24, 2.45) is 5.92 Å². The number of aryl methyl sites for hydroxylation is 3. The van der Waals surface area contributed by atoms with Crippen molar-refractivity contribution in [1.29, 1.82) is 0 Å². The van der Waals surface area contributed by atoms with Crippen molar-refractivity contribution < 1.29 is 0 Å². The highest BCUT2D eigenvalue weighted by Crippen LogP contribution is 2.22. The molecule has 0 heteroatoms. The number of hydrogen-bond donors (Lipinski definition) is 0. The average molecular weight is 190 g/mol. The lowest BCUT2D eigenvalue weighted by Crippen LogP contribution is -1.81. The first kappa shape index (κ1) is 11.3. The second-order valence-corrected chi connectivity index (χ2v) is 4.86. The van der Waals surface area contributed by atoms with Crippen LogP contribution >= 0.6 is 0 Å². The molecule has 0 saturated carbocycles. The zero-order valence-electron chi connectivity index (χ0n) is 9.93. The smallest absolute Gasteiger partial charge is 0.0273 e. The monoisotopic (exact) mass is 190 g/mol. The van der Waals surface area contributed by atoms with Crippen LogP contribution in [0, 0.1) is 12.8 Å². The van der Waals surface area contributed by atoms with Crippen LogP contribution in [0.3, 0.4) is 0 Å². The minimum absolute atomic E-state index is 0.833. The maximum absolute atomic E-state index is 2.32. The van der Waals surface area contributed by atoms with Crippen molar-refractivity contribution in [3.05, 3.63) is 34.9 Å². The van der Waals surface area contributed by atoms with E-state index in [-0.39, 0.29) is 0 Å². The standard InChI is InChI=1S/C10H12.C4H10/c1-8-5-6-9-3-2-4-10(9)7-8;1-4(2)3/h5-7H,2-4H2,1H3;4H,1-3H3. The molecule has 1 aromatic rings. The Morgan fingerprint density at radius 3 is 2.21 bits per heavy atom. The summed E-state index contributed by atoms with van der Waals surface area (Å²) in [6.45, 7) is 8.67. The number of benzene rings is 1. The van der Waals surface area contributed by atoms with E-state index < -0.39 is 0 Å². The Balaban J connectivity index is 0.000000213. The van der Waals surface area contributed by atoms with Crippen LogP contribution in [-0.2, 0) is 12.8 Å². The fraction of sp³-hybridized carbons (Fsp3) is 0.571. The highest BCUT2D eigenvalue weighted by atomic mass is 14.1. The van der Waals surface area contributed by atoms with Crippen molar-refractivity contribution in [1.82, 2.24) is 0 Å². The topological polar surface area (TPSA) is 0 Å². The molecule has 1 aliphatic carbocycles. The molecule has 1 aromatic carbocycles. The van der Waals surface area contributed by atoms with E-state index in [0.29, 0.717) is 0 Å². The second-order valence-electron chi connectivity index (χ2n) is 4.86. The Hall–Kier alpha value is -0.780. The normalized spacial score (nSPS) is 13.5. The van der Waals surface area contributed by atoms with Gasteiger partial charge in [-0.05, 0) is 43.2 Å². The van der Waals surface area contributed by atoms with Crippen LogP contribution < -0.4 is 0 Å². The number of fused-ring (bicyclic) bond motifs is 1. The summed E-state index contributed by atoms with van der Waals surface area (Å²) in [4.78, 5) is 0. The summed E-state index contributed by atoms with van der Waals surface area (Å²) in [7, 11) is 0. The summed E-state index contributed by atoms with van der Waals surface area (Å²) in [5.41, 5.74) is 4.56. The minimum atomic E-state index is 0.833. The SMILES string of the molecule is CC(C)C.Cc1ccc2c(c1)CCC2. The van der Waals surface area contributed by atoms with E-state index >= 15 is 0 Å². The van der Waals surface area contributed by atoms with E-state index in [2.05, 4.69) is 45.9 Å². The zero-order valence-corrected chi connectivity index (χ0v) is 9.93. The van der Waals surface area contributed by atoms with E-state index in [1.54, 1.807) is 11.1 Å². The molecule has 1 aliphatic rings. The van der Waals surface area contributed by atoms with Gasteiger partial charge in [0, 0.05) is 0 Å². The van der Waals surface area contributed by atoms with Crippen molar-refractivity contribution in [3.63, 3.8) is 0 Å². The largest absolute Gasteiger partial charge is 0.0630 e. The van der Waals surface area contributed by atoms with Crippen molar-refractivity contribution in [3.8, 4) is 0 Å². The molecular weight excluding hydrogens is 168 g/mol. The lowest BCUT2D eigenvalue weighted by molar-refractivity contribution is 0.737. The zero-order chi connectivity index (χ0) is 10.6. The molecule has 0 N–H and O–H groups in total. The van der Waals surface area contributed by atoms with Crippen LogP contribution in [-0.4, -0.2) is 0 Å². The van der Waals surface area contributed by atoms with E-state index in [1.165, 1.54) is 24.8 Å². The molecule has 0 unspecified atom stereocenters. The van der Waals surface area contributed by atoms with Crippen LogP contribution in [0.25, 0.3) is 0 Å². The van der Waals surface area contributed by atoms with Gasteiger partial charge in [-0.25, -0.2) is 0 Å². The Morgan fingerprint density at radius 2 is 1.57 bits per heavy atom. The molecule has 0 heterocycles. The summed E-state index contributed by atoms with van der Waals surface area (Å²) in [5, 5.41) is 0. The van der Waals surface area contributed by atoms with Gasteiger partial charge in [0.05, 0.1) is 0 Å². The van der Waals surface area contributed by atoms with Gasteiger partial charge in [-0.15, -0.1) is 0 Å². The molecule has 0 saturated heterocycles. The fourth-order valence-electron chi connectivity index (χ4n) is 1.70. The van der Waals surface area contributed by atoms with Gasteiger partial charge in [0.25, 0.3) is 0 Å². The van der Waals surface area contributed by atoms with Crippen LogP contribution in [0.5, 0.6) is 0 Å². The molecule has 0 aliphatic heterocycles. The van der Waals surface area contributed by atoms with Gasteiger partial charge in [0.2, 0.25) is 0 Å². The molecule has 0 atom stereocenters. The second kappa shape index (κ2) is 5.19. The van der Waals surface area contributed by atoms with Crippen LogP contribution in [0.1, 0.15) is 43.9 Å². The lowest BCUT2D eigenvalue weighted by Gasteiger charge is -1.98. The molecule has 0 bridgehead atoms. The number of hydrogen-bond acceptors (Lipinski definition) is 0. The van der Waals surface area contributed by atoms with E-state index in [0.717, 1.165) is 5.92 Å². The molecule has 14 heavy (non-hydrogen) atoms. The van der Waals surface area contributed by atoms with E-state index in [1.807, 2.05) is 0 Å². The van der Waals surface area contributed by atoms with Crippen LogP contribution in [0.2, 0.25) is 0 Å². The molecule has 0 spiro atoms. The first-order valence-corrected chi connectivity index (χ1v) is 5.68. The Bertz CT molecular complexity index is 281. The highest BCUT2D eigenvalue weighted by Gasteiger charge is 2.08. The third-order valence-electron chi connectivity index (χ3n) is 2.25. The van der Waals surface area contributed by atoms with E-state index in [4.69, 9.17) is 0 Å². The maximum atomic E-state index is 2.32. The molecule has 78 valence electrons. The average Bonchev–Trinajstić information content (AvgIpc) is 2.49. The third kappa shape index (κ3) is 3.53. The predicted molar refractivity (Wildman–Crippen MR) is 63.7 cm³/mol. The van der Waals surface area contributed by atoms with Crippen LogP contribution in [0.15, 0.2) is 18.2 Å². The molecule has 0 aromatic heterocycles. The third-order valence-corrected chi connectivity index (χ3v) is 2.25. The Labute approximate surface area is 88.4 Å². The summed E-state index contributed by atoms with van der Waals surface area (Å²) in [5.74, 6) is 0.833. The van der Waals surface area contributed by atoms with Gasteiger partial charge in [0.15, 0.2) is 0 Å². The van der Waals surface area contributed by atoms with Gasteiger partial charge in [0.1, 0.15) is 0 Å². The summed E-state index contributed by atoms with van der Waals surface area (Å²) >= 11 is 0. The molecule has 0 radical (unpaired) electrons.